The number of anilines is 1. The van der Waals surface area contributed by atoms with Gasteiger partial charge in [-0.2, -0.15) is 0 Å². The zero-order valence-corrected chi connectivity index (χ0v) is 11.8. The minimum absolute atomic E-state index is 0.586. The lowest BCUT2D eigenvalue weighted by molar-refractivity contribution is 0.379. The fourth-order valence-corrected chi connectivity index (χ4v) is 2.67. The van der Waals surface area contributed by atoms with Crippen molar-refractivity contribution in [3.05, 3.63) is 24.0 Å². The van der Waals surface area contributed by atoms with E-state index in [1.807, 2.05) is 12.4 Å². The average molecular weight is 247 g/mol. The van der Waals surface area contributed by atoms with Gasteiger partial charge in [0.25, 0.3) is 0 Å². The molecular formula is C15H25N3. The molecule has 3 heteroatoms. The number of aromatic nitrogens is 1. The first-order valence-corrected chi connectivity index (χ1v) is 7.05. The summed E-state index contributed by atoms with van der Waals surface area (Å²) >= 11 is 0. The fraction of sp³-hybridized carbons (Fsp3) is 0.667. The van der Waals surface area contributed by atoms with E-state index in [4.69, 9.17) is 0 Å². The van der Waals surface area contributed by atoms with Crippen LogP contribution in [0.1, 0.15) is 32.3 Å². The third-order valence-corrected chi connectivity index (χ3v) is 3.67. The highest BCUT2D eigenvalue weighted by molar-refractivity contribution is 5.51. The summed E-state index contributed by atoms with van der Waals surface area (Å²) in [6, 6.07) is 2.73. The van der Waals surface area contributed by atoms with Crippen LogP contribution in [0.15, 0.2) is 18.5 Å². The van der Waals surface area contributed by atoms with E-state index in [0.717, 1.165) is 12.5 Å². The van der Waals surface area contributed by atoms with E-state index in [1.165, 1.54) is 37.2 Å². The third kappa shape index (κ3) is 3.45. The Bertz CT molecular complexity index is 376. The second-order valence-electron chi connectivity index (χ2n) is 5.68. The Balaban J connectivity index is 1.96. The van der Waals surface area contributed by atoms with Crippen molar-refractivity contribution in [3.8, 4) is 0 Å². The lowest BCUT2D eigenvalue weighted by atomic mass is 9.97. The van der Waals surface area contributed by atoms with E-state index in [9.17, 15) is 0 Å². The van der Waals surface area contributed by atoms with Crippen LogP contribution in [0.3, 0.4) is 0 Å². The van der Waals surface area contributed by atoms with Gasteiger partial charge in [-0.05, 0) is 43.9 Å². The Morgan fingerprint density at radius 2 is 2.33 bits per heavy atom. The molecule has 1 aliphatic rings. The minimum Gasteiger partial charge on any atom is -0.371 e. The summed E-state index contributed by atoms with van der Waals surface area (Å²) < 4.78 is 0. The molecule has 1 unspecified atom stereocenters. The zero-order chi connectivity index (χ0) is 13.0. The average Bonchev–Trinajstić information content (AvgIpc) is 2.37. The Labute approximate surface area is 111 Å². The van der Waals surface area contributed by atoms with Crippen LogP contribution in [0.4, 0.5) is 5.69 Å². The zero-order valence-electron chi connectivity index (χ0n) is 11.8. The largest absolute Gasteiger partial charge is 0.371 e. The lowest BCUT2D eigenvalue weighted by Gasteiger charge is -2.35. The summed E-state index contributed by atoms with van der Waals surface area (Å²) in [5.74, 6) is 0.772. The number of nitrogens with one attached hydrogen (secondary N) is 1. The van der Waals surface area contributed by atoms with Crippen molar-refractivity contribution < 1.29 is 0 Å². The maximum absolute atomic E-state index is 4.18. The van der Waals surface area contributed by atoms with E-state index in [-0.39, 0.29) is 0 Å². The van der Waals surface area contributed by atoms with Crippen molar-refractivity contribution in [2.24, 2.45) is 5.92 Å². The van der Waals surface area contributed by atoms with Gasteiger partial charge in [0, 0.05) is 37.2 Å². The van der Waals surface area contributed by atoms with Crippen LogP contribution in [-0.4, -0.2) is 30.7 Å². The SMILES string of the molecule is Cc1cnccc1N1CCCC(CNC(C)C)C1. The number of hydrogen-bond acceptors (Lipinski definition) is 3. The predicted molar refractivity (Wildman–Crippen MR) is 77.0 cm³/mol. The van der Waals surface area contributed by atoms with Crippen LogP contribution in [-0.2, 0) is 0 Å². The quantitative estimate of drug-likeness (QED) is 0.886. The summed E-state index contributed by atoms with van der Waals surface area (Å²) in [4.78, 5) is 6.70. The van der Waals surface area contributed by atoms with Gasteiger partial charge >= 0.3 is 0 Å². The van der Waals surface area contributed by atoms with Gasteiger partial charge in [-0.3, -0.25) is 4.98 Å². The molecule has 1 aliphatic heterocycles. The number of hydrogen-bond donors (Lipinski definition) is 1. The molecule has 0 bridgehead atoms. The topological polar surface area (TPSA) is 28.2 Å². The fourth-order valence-electron chi connectivity index (χ4n) is 2.67. The number of piperidine rings is 1. The smallest absolute Gasteiger partial charge is 0.0426 e. The van der Waals surface area contributed by atoms with E-state index < -0.39 is 0 Å². The van der Waals surface area contributed by atoms with Crippen LogP contribution >= 0.6 is 0 Å². The third-order valence-electron chi connectivity index (χ3n) is 3.67. The van der Waals surface area contributed by atoms with Gasteiger partial charge in [-0.25, -0.2) is 0 Å². The molecule has 0 spiro atoms. The summed E-state index contributed by atoms with van der Waals surface area (Å²) in [6.07, 6.45) is 6.51. The summed E-state index contributed by atoms with van der Waals surface area (Å²) in [5.41, 5.74) is 2.65. The molecule has 0 aliphatic carbocycles. The number of pyridine rings is 1. The molecule has 3 nitrogen and oxygen atoms in total. The minimum atomic E-state index is 0.586. The van der Waals surface area contributed by atoms with E-state index in [0.29, 0.717) is 6.04 Å². The van der Waals surface area contributed by atoms with Crippen molar-refractivity contribution in [2.75, 3.05) is 24.5 Å². The normalized spacial score (nSPS) is 20.4. The first-order valence-electron chi connectivity index (χ1n) is 7.05. The van der Waals surface area contributed by atoms with Gasteiger partial charge in [0.05, 0.1) is 0 Å². The molecule has 1 N–H and O–H groups in total. The van der Waals surface area contributed by atoms with Crippen molar-refractivity contribution >= 4 is 5.69 Å². The molecule has 2 rings (SSSR count). The molecule has 0 radical (unpaired) electrons. The maximum atomic E-state index is 4.18. The van der Waals surface area contributed by atoms with Crippen LogP contribution in [0.2, 0.25) is 0 Å². The first kappa shape index (κ1) is 13.3. The molecule has 0 saturated carbocycles. The highest BCUT2D eigenvalue weighted by Crippen LogP contribution is 2.25. The van der Waals surface area contributed by atoms with Gasteiger partial charge in [0.1, 0.15) is 0 Å². The van der Waals surface area contributed by atoms with Crippen molar-refractivity contribution in [3.63, 3.8) is 0 Å². The number of rotatable bonds is 4. The van der Waals surface area contributed by atoms with Crippen molar-refractivity contribution in [1.82, 2.24) is 10.3 Å². The standard InChI is InChI=1S/C15H25N3/c1-12(2)17-10-14-5-4-8-18(11-14)15-6-7-16-9-13(15)3/h6-7,9,12,14,17H,4-5,8,10-11H2,1-3H3. The second-order valence-corrected chi connectivity index (χ2v) is 5.68. The molecule has 0 amide bonds. The summed E-state index contributed by atoms with van der Waals surface area (Å²) in [6.45, 7) is 10.1. The summed E-state index contributed by atoms with van der Waals surface area (Å²) in [5, 5.41) is 3.56. The predicted octanol–water partition coefficient (Wildman–Crippen LogP) is 2.60. The van der Waals surface area contributed by atoms with Crippen LogP contribution in [0.25, 0.3) is 0 Å². The van der Waals surface area contributed by atoms with Gasteiger partial charge in [-0.15, -0.1) is 0 Å². The van der Waals surface area contributed by atoms with Gasteiger partial charge in [-0.1, -0.05) is 13.8 Å². The Kier molecular flexibility index (Phi) is 4.59. The van der Waals surface area contributed by atoms with E-state index in [2.05, 4.69) is 42.0 Å². The number of aryl methyl sites for hydroxylation is 1. The Morgan fingerprint density at radius 3 is 3.06 bits per heavy atom. The molecule has 1 saturated heterocycles. The molecule has 18 heavy (non-hydrogen) atoms. The van der Waals surface area contributed by atoms with Gasteiger partial charge in [0.15, 0.2) is 0 Å². The molecule has 1 aromatic rings. The molecule has 1 aromatic heterocycles. The number of nitrogens with zero attached hydrogens (tertiary/aromatic N) is 2. The molecule has 2 heterocycles. The van der Waals surface area contributed by atoms with Gasteiger partial charge in [0.2, 0.25) is 0 Å². The monoisotopic (exact) mass is 247 g/mol. The van der Waals surface area contributed by atoms with Crippen molar-refractivity contribution in [2.45, 2.75) is 39.7 Å². The van der Waals surface area contributed by atoms with E-state index >= 15 is 0 Å². The molecular weight excluding hydrogens is 222 g/mol. The van der Waals surface area contributed by atoms with E-state index in [1.54, 1.807) is 0 Å². The van der Waals surface area contributed by atoms with Crippen LogP contribution in [0.5, 0.6) is 0 Å². The molecule has 0 aromatic carbocycles. The highest BCUT2D eigenvalue weighted by atomic mass is 15.1. The molecule has 1 atom stereocenters. The highest BCUT2D eigenvalue weighted by Gasteiger charge is 2.20. The van der Waals surface area contributed by atoms with Crippen LogP contribution < -0.4 is 10.2 Å². The Morgan fingerprint density at radius 1 is 1.50 bits per heavy atom. The Hall–Kier alpha value is -1.09. The van der Waals surface area contributed by atoms with Crippen molar-refractivity contribution in [1.29, 1.82) is 0 Å². The second kappa shape index (κ2) is 6.19. The lowest BCUT2D eigenvalue weighted by Crippen LogP contribution is -2.41. The first-order chi connectivity index (χ1) is 8.66. The van der Waals surface area contributed by atoms with Gasteiger partial charge < -0.3 is 10.2 Å². The summed E-state index contributed by atoms with van der Waals surface area (Å²) in [7, 11) is 0. The van der Waals surface area contributed by atoms with Crippen LogP contribution in [0, 0.1) is 12.8 Å². The molecule has 100 valence electrons. The maximum Gasteiger partial charge on any atom is 0.0426 e. The molecule has 1 fully saturated rings.